The van der Waals surface area contributed by atoms with Gasteiger partial charge in [-0.2, -0.15) is 0 Å². The maximum Gasteiger partial charge on any atom is 0.135 e. The molecule has 0 amide bonds. The number of carbonyl (C=O) groups is 1. The third kappa shape index (κ3) is 8.58. The van der Waals surface area contributed by atoms with E-state index < -0.39 is 0 Å². The number of ketones is 1. The number of hydrogen-bond acceptors (Lipinski definition) is 4. The van der Waals surface area contributed by atoms with Crippen molar-refractivity contribution in [3.05, 3.63) is 59.7 Å². The van der Waals surface area contributed by atoms with E-state index in [1.165, 1.54) is 11.1 Å². The highest BCUT2D eigenvalue weighted by atomic mass is 16.5. The summed E-state index contributed by atoms with van der Waals surface area (Å²) in [6, 6.07) is 16.8. The lowest BCUT2D eigenvalue weighted by molar-refractivity contribution is -0.118. The van der Waals surface area contributed by atoms with Crippen molar-refractivity contribution in [3.63, 3.8) is 0 Å². The van der Waals surface area contributed by atoms with Gasteiger partial charge in [0.05, 0.1) is 7.11 Å². The normalized spacial score (nSPS) is 10.8. The molecule has 2 aromatic carbocycles. The van der Waals surface area contributed by atoms with Crippen molar-refractivity contribution in [3.8, 4) is 5.75 Å². The molecule has 0 saturated carbocycles. The average molecular weight is 411 g/mol. The molecule has 0 unspecified atom stereocenters. The lowest BCUT2D eigenvalue weighted by Crippen LogP contribution is -2.29. The number of aryl methyl sites for hydroxylation is 2. The third-order valence-electron chi connectivity index (χ3n) is 5.38. The van der Waals surface area contributed by atoms with Crippen molar-refractivity contribution < 1.29 is 9.53 Å². The molecule has 0 bridgehead atoms. The maximum absolute atomic E-state index is 12.5. The smallest absolute Gasteiger partial charge is 0.135 e. The van der Waals surface area contributed by atoms with Crippen LogP contribution in [-0.2, 0) is 17.6 Å². The molecule has 1 N–H and O–H groups in total. The second-order valence-corrected chi connectivity index (χ2v) is 7.75. The van der Waals surface area contributed by atoms with E-state index in [2.05, 4.69) is 60.5 Å². The first-order valence-electron chi connectivity index (χ1n) is 11.4. The SMILES string of the molecule is CCCc1ccc(CCC(=O)CCN(CCCNCC)c2ccc(OC)cc2)cc1. The molecule has 2 rings (SSSR count). The number of rotatable bonds is 15. The van der Waals surface area contributed by atoms with Crippen LogP contribution in [0.3, 0.4) is 0 Å². The standard InChI is InChI=1S/C26H38N2O2/c1-4-7-22-8-10-23(11-9-22)12-15-25(29)18-21-28(20-6-19-27-5-2)24-13-16-26(30-3)17-14-24/h8-11,13-14,16-17,27H,4-7,12,15,18-21H2,1-3H3. The van der Waals surface area contributed by atoms with E-state index in [9.17, 15) is 4.79 Å². The molecule has 0 atom stereocenters. The van der Waals surface area contributed by atoms with Crippen molar-refractivity contribution in [2.24, 2.45) is 0 Å². The molecule has 0 aromatic heterocycles. The number of benzene rings is 2. The predicted molar refractivity (Wildman–Crippen MR) is 127 cm³/mol. The predicted octanol–water partition coefficient (Wildman–Crippen LogP) is 5.05. The van der Waals surface area contributed by atoms with E-state index in [4.69, 9.17) is 4.74 Å². The van der Waals surface area contributed by atoms with Crippen LogP contribution in [-0.4, -0.2) is 39.1 Å². The Morgan fingerprint density at radius 3 is 2.17 bits per heavy atom. The Morgan fingerprint density at radius 1 is 0.900 bits per heavy atom. The van der Waals surface area contributed by atoms with Gasteiger partial charge < -0.3 is 15.0 Å². The van der Waals surface area contributed by atoms with Gasteiger partial charge in [0.1, 0.15) is 11.5 Å². The van der Waals surface area contributed by atoms with Crippen molar-refractivity contribution in [1.29, 1.82) is 0 Å². The molecule has 0 spiro atoms. The van der Waals surface area contributed by atoms with Crippen LogP contribution in [0, 0.1) is 0 Å². The van der Waals surface area contributed by atoms with Crippen molar-refractivity contribution >= 4 is 11.5 Å². The Balaban J connectivity index is 1.85. The van der Waals surface area contributed by atoms with Crippen LogP contribution in [0.2, 0.25) is 0 Å². The fraction of sp³-hybridized carbons (Fsp3) is 0.500. The fourth-order valence-electron chi connectivity index (χ4n) is 3.56. The van der Waals surface area contributed by atoms with Gasteiger partial charge in [-0.25, -0.2) is 0 Å². The molecule has 164 valence electrons. The third-order valence-corrected chi connectivity index (χ3v) is 5.38. The number of nitrogens with one attached hydrogen (secondary N) is 1. The molecular formula is C26H38N2O2. The molecule has 0 heterocycles. The summed E-state index contributed by atoms with van der Waals surface area (Å²) < 4.78 is 5.27. The summed E-state index contributed by atoms with van der Waals surface area (Å²) in [5.74, 6) is 1.19. The second kappa shape index (κ2) is 13.8. The van der Waals surface area contributed by atoms with E-state index in [0.29, 0.717) is 18.6 Å². The second-order valence-electron chi connectivity index (χ2n) is 7.75. The largest absolute Gasteiger partial charge is 0.497 e. The van der Waals surface area contributed by atoms with Gasteiger partial charge in [0.15, 0.2) is 0 Å². The van der Waals surface area contributed by atoms with Gasteiger partial charge in [0, 0.05) is 31.6 Å². The van der Waals surface area contributed by atoms with E-state index in [-0.39, 0.29) is 0 Å². The van der Waals surface area contributed by atoms with E-state index in [0.717, 1.165) is 63.3 Å². The number of Topliss-reactive ketones (excluding diaryl/α,β-unsaturated/α-hetero) is 1. The molecular weight excluding hydrogens is 372 g/mol. The van der Waals surface area contributed by atoms with Crippen LogP contribution < -0.4 is 15.0 Å². The number of hydrogen-bond donors (Lipinski definition) is 1. The van der Waals surface area contributed by atoms with Crippen LogP contribution in [0.15, 0.2) is 48.5 Å². The summed E-state index contributed by atoms with van der Waals surface area (Å²) in [5, 5.41) is 3.37. The molecule has 0 aliphatic carbocycles. The zero-order valence-corrected chi connectivity index (χ0v) is 19.0. The van der Waals surface area contributed by atoms with Crippen LogP contribution in [0.25, 0.3) is 0 Å². The molecule has 0 aliphatic rings. The number of methoxy groups -OCH3 is 1. The molecule has 30 heavy (non-hydrogen) atoms. The quantitative estimate of drug-likeness (QED) is 0.417. The summed E-state index contributed by atoms with van der Waals surface area (Å²) in [4.78, 5) is 14.9. The number of carbonyl (C=O) groups excluding carboxylic acids is 1. The minimum absolute atomic E-state index is 0.331. The highest BCUT2D eigenvalue weighted by Gasteiger charge is 2.10. The maximum atomic E-state index is 12.5. The summed E-state index contributed by atoms with van der Waals surface area (Å²) in [6.07, 6.45) is 5.36. The molecule has 4 heteroatoms. The molecule has 0 aliphatic heterocycles. The van der Waals surface area contributed by atoms with Crippen LogP contribution in [0.4, 0.5) is 5.69 Å². The summed E-state index contributed by atoms with van der Waals surface area (Å²) in [7, 11) is 1.68. The Hall–Kier alpha value is -2.33. The minimum atomic E-state index is 0.331. The Labute approximate surface area is 182 Å². The number of ether oxygens (including phenoxy) is 1. The first-order chi connectivity index (χ1) is 14.7. The van der Waals surface area contributed by atoms with Gasteiger partial charge in [-0.3, -0.25) is 4.79 Å². The average Bonchev–Trinajstić information content (AvgIpc) is 2.78. The first-order valence-corrected chi connectivity index (χ1v) is 11.4. The van der Waals surface area contributed by atoms with Gasteiger partial charge in [0.2, 0.25) is 0 Å². The fourth-order valence-corrected chi connectivity index (χ4v) is 3.56. The zero-order valence-electron chi connectivity index (χ0n) is 19.0. The highest BCUT2D eigenvalue weighted by molar-refractivity contribution is 5.79. The molecule has 0 saturated heterocycles. The van der Waals surface area contributed by atoms with Gasteiger partial charge in [-0.1, -0.05) is 44.5 Å². The lowest BCUT2D eigenvalue weighted by Gasteiger charge is -2.25. The molecule has 4 nitrogen and oxygen atoms in total. The summed E-state index contributed by atoms with van der Waals surface area (Å²) >= 11 is 0. The summed E-state index contributed by atoms with van der Waals surface area (Å²) in [5.41, 5.74) is 3.77. The van der Waals surface area contributed by atoms with Crippen LogP contribution in [0.1, 0.15) is 50.7 Å². The Kier molecular flexibility index (Phi) is 11.0. The van der Waals surface area contributed by atoms with Crippen LogP contribution in [0.5, 0.6) is 5.75 Å². The van der Waals surface area contributed by atoms with Gasteiger partial charge >= 0.3 is 0 Å². The van der Waals surface area contributed by atoms with Gasteiger partial charge in [-0.05, 0) is 67.7 Å². The van der Waals surface area contributed by atoms with Crippen molar-refractivity contribution in [1.82, 2.24) is 5.32 Å². The first kappa shape index (κ1) is 23.9. The van der Waals surface area contributed by atoms with E-state index in [1.54, 1.807) is 7.11 Å². The topological polar surface area (TPSA) is 41.6 Å². The van der Waals surface area contributed by atoms with Gasteiger partial charge in [0.25, 0.3) is 0 Å². The minimum Gasteiger partial charge on any atom is -0.497 e. The van der Waals surface area contributed by atoms with Crippen molar-refractivity contribution in [2.75, 3.05) is 38.2 Å². The molecule has 2 aromatic rings. The van der Waals surface area contributed by atoms with E-state index in [1.807, 2.05) is 12.1 Å². The van der Waals surface area contributed by atoms with Crippen LogP contribution >= 0.6 is 0 Å². The monoisotopic (exact) mass is 410 g/mol. The lowest BCUT2D eigenvalue weighted by atomic mass is 10.0. The highest BCUT2D eigenvalue weighted by Crippen LogP contribution is 2.20. The number of anilines is 1. The number of nitrogens with zero attached hydrogens (tertiary/aromatic N) is 1. The van der Waals surface area contributed by atoms with Crippen molar-refractivity contribution in [2.45, 2.75) is 52.4 Å². The summed E-state index contributed by atoms with van der Waals surface area (Å²) in [6.45, 7) is 7.99. The van der Waals surface area contributed by atoms with Gasteiger partial charge in [-0.15, -0.1) is 0 Å². The zero-order chi connectivity index (χ0) is 21.6. The molecule has 0 fully saturated rings. The Morgan fingerprint density at radius 2 is 1.57 bits per heavy atom. The van der Waals surface area contributed by atoms with E-state index >= 15 is 0 Å². The molecule has 0 radical (unpaired) electrons. The Bertz CT molecular complexity index is 726.